The molecule has 0 bridgehead atoms. The second-order valence-electron chi connectivity index (χ2n) is 4.12. The Morgan fingerprint density at radius 2 is 2.24 bits per heavy atom. The first kappa shape index (κ1) is 13.9. The van der Waals surface area contributed by atoms with Gasteiger partial charge in [-0.2, -0.15) is 0 Å². The molecule has 0 aromatic carbocycles. The van der Waals surface area contributed by atoms with Gasteiger partial charge >= 0.3 is 0 Å². The maximum atomic E-state index is 9.21. The number of hydrogen-bond donors (Lipinski definition) is 2. The SMILES string of the molecule is COCc1ccc(C=NC(C)(CO)CCO)o1. The third kappa shape index (κ3) is 4.30. The lowest BCUT2D eigenvalue weighted by atomic mass is 10.0. The number of nitrogens with zero attached hydrogens (tertiary/aromatic N) is 1. The van der Waals surface area contributed by atoms with Crippen LogP contribution in [0.15, 0.2) is 21.5 Å². The van der Waals surface area contributed by atoms with Crippen LogP contribution in [0.4, 0.5) is 0 Å². The van der Waals surface area contributed by atoms with Gasteiger partial charge in [0.15, 0.2) is 0 Å². The molecule has 0 aliphatic carbocycles. The molecule has 1 heterocycles. The number of hydrogen-bond acceptors (Lipinski definition) is 5. The molecule has 0 saturated carbocycles. The first-order valence-electron chi connectivity index (χ1n) is 5.48. The fraction of sp³-hybridized carbons (Fsp3) is 0.583. The molecule has 5 heteroatoms. The second kappa shape index (κ2) is 6.54. The molecule has 1 atom stereocenters. The summed E-state index contributed by atoms with van der Waals surface area (Å²) in [5.41, 5.74) is -0.664. The van der Waals surface area contributed by atoms with Crippen molar-refractivity contribution in [1.82, 2.24) is 0 Å². The van der Waals surface area contributed by atoms with Gasteiger partial charge in [-0.1, -0.05) is 0 Å². The molecule has 1 aromatic heterocycles. The smallest absolute Gasteiger partial charge is 0.144 e. The molecular weight excluding hydrogens is 222 g/mol. The first-order valence-corrected chi connectivity index (χ1v) is 5.48. The van der Waals surface area contributed by atoms with Gasteiger partial charge in [0, 0.05) is 13.7 Å². The largest absolute Gasteiger partial charge is 0.458 e. The number of methoxy groups -OCH3 is 1. The maximum absolute atomic E-state index is 9.21. The van der Waals surface area contributed by atoms with Gasteiger partial charge in [-0.15, -0.1) is 0 Å². The summed E-state index contributed by atoms with van der Waals surface area (Å²) in [6.07, 6.45) is 1.97. The molecule has 1 rings (SSSR count). The Kier molecular flexibility index (Phi) is 5.34. The van der Waals surface area contributed by atoms with E-state index < -0.39 is 5.54 Å². The van der Waals surface area contributed by atoms with Crippen LogP contribution in [0.5, 0.6) is 0 Å². The van der Waals surface area contributed by atoms with Crippen LogP contribution < -0.4 is 0 Å². The zero-order valence-corrected chi connectivity index (χ0v) is 10.2. The summed E-state index contributed by atoms with van der Waals surface area (Å²) in [6.45, 7) is 2.07. The number of furan rings is 1. The van der Waals surface area contributed by atoms with E-state index in [0.29, 0.717) is 18.8 Å². The van der Waals surface area contributed by atoms with Crippen molar-refractivity contribution in [3.05, 3.63) is 23.7 Å². The lowest BCUT2D eigenvalue weighted by Gasteiger charge is -2.20. The van der Waals surface area contributed by atoms with Crippen LogP contribution in [0.3, 0.4) is 0 Å². The van der Waals surface area contributed by atoms with Crippen molar-refractivity contribution in [2.24, 2.45) is 4.99 Å². The van der Waals surface area contributed by atoms with E-state index >= 15 is 0 Å². The highest BCUT2D eigenvalue weighted by atomic mass is 16.5. The molecule has 2 N–H and O–H groups in total. The lowest BCUT2D eigenvalue weighted by molar-refractivity contribution is 0.163. The average Bonchev–Trinajstić information content (AvgIpc) is 2.75. The minimum Gasteiger partial charge on any atom is -0.458 e. The van der Waals surface area contributed by atoms with Gasteiger partial charge < -0.3 is 19.4 Å². The Morgan fingerprint density at radius 3 is 2.82 bits per heavy atom. The summed E-state index contributed by atoms with van der Waals surface area (Å²) in [6, 6.07) is 3.60. The van der Waals surface area contributed by atoms with Crippen LogP contribution in [0.1, 0.15) is 24.9 Å². The third-order valence-electron chi connectivity index (χ3n) is 2.46. The summed E-state index contributed by atoms with van der Waals surface area (Å²) >= 11 is 0. The quantitative estimate of drug-likeness (QED) is 0.698. The first-order chi connectivity index (χ1) is 8.13. The second-order valence-corrected chi connectivity index (χ2v) is 4.12. The Labute approximate surface area is 101 Å². The predicted molar refractivity (Wildman–Crippen MR) is 64.2 cm³/mol. The lowest BCUT2D eigenvalue weighted by Crippen LogP contribution is -2.28. The summed E-state index contributed by atoms with van der Waals surface area (Å²) in [4.78, 5) is 4.24. The van der Waals surface area contributed by atoms with Gasteiger partial charge in [-0.05, 0) is 25.5 Å². The van der Waals surface area contributed by atoms with Crippen molar-refractivity contribution in [2.45, 2.75) is 25.5 Å². The Morgan fingerprint density at radius 1 is 1.47 bits per heavy atom. The summed E-state index contributed by atoms with van der Waals surface area (Å²) in [5.74, 6) is 1.33. The Balaban J connectivity index is 2.67. The fourth-order valence-corrected chi connectivity index (χ4v) is 1.33. The summed E-state index contributed by atoms with van der Waals surface area (Å²) in [5, 5.41) is 18.1. The van der Waals surface area contributed by atoms with Crippen LogP contribution in [0, 0.1) is 0 Å². The van der Waals surface area contributed by atoms with E-state index in [4.69, 9.17) is 14.3 Å². The average molecular weight is 241 g/mol. The molecule has 0 radical (unpaired) electrons. The van der Waals surface area contributed by atoms with Crippen molar-refractivity contribution in [3.63, 3.8) is 0 Å². The molecule has 5 nitrogen and oxygen atoms in total. The Bertz CT molecular complexity index is 361. The summed E-state index contributed by atoms with van der Waals surface area (Å²) in [7, 11) is 1.60. The van der Waals surface area contributed by atoms with E-state index in [1.165, 1.54) is 0 Å². The van der Waals surface area contributed by atoms with Gasteiger partial charge in [0.1, 0.15) is 18.1 Å². The van der Waals surface area contributed by atoms with Gasteiger partial charge in [0.25, 0.3) is 0 Å². The molecule has 0 aliphatic heterocycles. The Hall–Kier alpha value is -1.17. The van der Waals surface area contributed by atoms with Crippen molar-refractivity contribution in [3.8, 4) is 0 Å². The van der Waals surface area contributed by atoms with Crippen molar-refractivity contribution < 1.29 is 19.4 Å². The zero-order chi connectivity index (χ0) is 12.7. The van der Waals surface area contributed by atoms with Crippen LogP contribution in [0.2, 0.25) is 0 Å². The molecule has 0 saturated heterocycles. The van der Waals surface area contributed by atoms with Gasteiger partial charge in [-0.3, -0.25) is 4.99 Å². The highest BCUT2D eigenvalue weighted by Crippen LogP contribution is 2.15. The van der Waals surface area contributed by atoms with E-state index in [1.807, 2.05) is 6.07 Å². The van der Waals surface area contributed by atoms with Gasteiger partial charge in [0.05, 0.1) is 18.4 Å². The van der Waals surface area contributed by atoms with Crippen molar-refractivity contribution in [2.75, 3.05) is 20.3 Å². The topological polar surface area (TPSA) is 75.2 Å². The van der Waals surface area contributed by atoms with Gasteiger partial charge in [-0.25, -0.2) is 0 Å². The minimum absolute atomic E-state index is 0.0124. The van der Waals surface area contributed by atoms with Crippen LogP contribution in [-0.4, -0.2) is 42.3 Å². The predicted octanol–water partition coefficient (Wildman–Crippen LogP) is 0.978. The molecule has 17 heavy (non-hydrogen) atoms. The standard InChI is InChI=1S/C12H19NO4/c1-12(9-15,5-6-14)13-7-10-3-4-11(17-10)8-16-2/h3-4,7,14-15H,5-6,8-9H2,1-2H3. The molecule has 0 aliphatic rings. The number of aliphatic imine (C=N–C) groups is 1. The minimum atomic E-state index is -0.664. The van der Waals surface area contributed by atoms with E-state index in [9.17, 15) is 5.11 Å². The van der Waals surface area contributed by atoms with E-state index in [2.05, 4.69) is 4.99 Å². The number of aliphatic hydroxyl groups excluding tert-OH is 2. The number of rotatable bonds is 7. The maximum Gasteiger partial charge on any atom is 0.144 e. The third-order valence-corrected chi connectivity index (χ3v) is 2.46. The molecule has 96 valence electrons. The molecular formula is C12H19NO4. The molecule has 1 aromatic rings. The molecule has 0 spiro atoms. The fourth-order valence-electron chi connectivity index (χ4n) is 1.33. The molecule has 0 amide bonds. The van der Waals surface area contributed by atoms with E-state index in [-0.39, 0.29) is 13.2 Å². The summed E-state index contributed by atoms with van der Waals surface area (Å²) < 4.78 is 10.4. The van der Waals surface area contributed by atoms with Crippen LogP contribution in [-0.2, 0) is 11.3 Å². The zero-order valence-electron chi connectivity index (χ0n) is 10.2. The normalized spacial score (nSPS) is 15.3. The molecule has 0 fully saturated rings. The van der Waals surface area contributed by atoms with Crippen LogP contribution >= 0.6 is 0 Å². The monoisotopic (exact) mass is 241 g/mol. The number of aliphatic hydroxyl groups is 2. The van der Waals surface area contributed by atoms with Crippen molar-refractivity contribution >= 4 is 6.21 Å². The van der Waals surface area contributed by atoms with Gasteiger partial charge in [0.2, 0.25) is 0 Å². The number of ether oxygens (including phenoxy) is 1. The highest BCUT2D eigenvalue weighted by Gasteiger charge is 2.20. The highest BCUT2D eigenvalue weighted by molar-refractivity contribution is 5.76. The van der Waals surface area contributed by atoms with Crippen molar-refractivity contribution in [1.29, 1.82) is 0 Å². The van der Waals surface area contributed by atoms with E-state index in [1.54, 1.807) is 26.3 Å². The molecule has 1 unspecified atom stereocenters. The van der Waals surface area contributed by atoms with E-state index in [0.717, 1.165) is 5.76 Å². The van der Waals surface area contributed by atoms with Crippen LogP contribution in [0.25, 0.3) is 0 Å².